The third-order valence-corrected chi connectivity index (χ3v) is 3.25. The summed E-state index contributed by atoms with van der Waals surface area (Å²) >= 11 is 0. The molecule has 0 saturated carbocycles. The molecule has 0 atom stereocenters. The second kappa shape index (κ2) is 4.90. The number of fused-ring (bicyclic) bond motifs is 1. The lowest BCUT2D eigenvalue weighted by Gasteiger charge is -2.29. The fourth-order valence-corrected chi connectivity index (χ4v) is 2.30. The second-order valence-corrected chi connectivity index (χ2v) is 4.62. The van der Waals surface area contributed by atoms with E-state index in [9.17, 15) is 13.2 Å². The van der Waals surface area contributed by atoms with E-state index < -0.39 is 12.0 Å². The molecule has 1 aliphatic heterocycles. The summed E-state index contributed by atoms with van der Waals surface area (Å²) < 4.78 is 38.7. The van der Waals surface area contributed by atoms with E-state index >= 15 is 0 Å². The average Bonchev–Trinajstić information content (AvgIpc) is 2.46. The van der Waals surface area contributed by atoms with E-state index in [0.717, 1.165) is 13.1 Å². The van der Waals surface area contributed by atoms with Crippen molar-refractivity contribution in [2.45, 2.75) is 6.18 Å². The van der Waals surface area contributed by atoms with Crippen LogP contribution in [-0.4, -0.2) is 36.1 Å². The number of alkyl halides is 3. The Hall–Kier alpha value is -1.89. The molecule has 3 rings (SSSR count). The number of benzene rings is 1. The summed E-state index contributed by atoms with van der Waals surface area (Å²) in [5.74, 6) is -0.714. The summed E-state index contributed by atoms with van der Waals surface area (Å²) in [7, 11) is 0. The van der Waals surface area contributed by atoms with Gasteiger partial charge in [0.05, 0.1) is 5.52 Å². The van der Waals surface area contributed by atoms with E-state index in [1.165, 1.54) is 0 Å². The zero-order valence-electron chi connectivity index (χ0n) is 10.6. The minimum absolute atomic E-state index is 0.323. The Morgan fingerprint density at radius 2 is 1.75 bits per heavy atom. The van der Waals surface area contributed by atoms with Crippen molar-refractivity contribution < 1.29 is 13.2 Å². The number of hydrogen-bond donors (Lipinski definition) is 1. The standard InChI is InChI=1S/C13H13F3N4/c14-13(15,16)12-18-10-4-2-1-3-9(10)11(19-12)20-7-5-17-6-8-20/h1-4,17H,5-8H2. The summed E-state index contributed by atoms with van der Waals surface area (Å²) in [5.41, 5.74) is 0.323. The fraction of sp³-hybridized carbons (Fsp3) is 0.385. The van der Waals surface area contributed by atoms with E-state index in [2.05, 4.69) is 15.3 Å². The molecule has 106 valence electrons. The molecule has 0 spiro atoms. The maximum atomic E-state index is 12.9. The average molecular weight is 282 g/mol. The highest BCUT2D eigenvalue weighted by Crippen LogP contribution is 2.31. The van der Waals surface area contributed by atoms with Crippen molar-refractivity contribution in [2.24, 2.45) is 0 Å². The quantitative estimate of drug-likeness (QED) is 0.869. The van der Waals surface area contributed by atoms with Gasteiger partial charge in [0.15, 0.2) is 0 Å². The van der Waals surface area contributed by atoms with Gasteiger partial charge in [-0.25, -0.2) is 9.97 Å². The predicted molar refractivity (Wildman–Crippen MR) is 69.6 cm³/mol. The molecule has 2 aromatic rings. The minimum atomic E-state index is -4.53. The second-order valence-electron chi connectivity index (χ2n) is 4.62. The molecule has 0 aliphatic carbocycles. The van der Waals surface area contributed by atoms with Gasteiger partial charge in [0.2, 0.25) is 5.82 Å². The van der Waals surface area contributed by atoms with Crippen molar-refractivity contribution in [3.63, 3.8) is 0 Å². The lowest BCUT2D eigenvalue weighted by atomic mass is 10.2. The monoisotopic (exact) mass is 282 g/mol. The normalized spacial score (nSPS) is 16.6. The molecule has 1 saturated heterocycles. The summed E-state index contributed by atoms with van der Waals surface area (Å²) in [5, 5.41) is 3.83. The minimum Gasteiger partial charge on any atom is -0.353 e. The Kier molecular flexibility index (Phi) is 3.21. The SMILES string of the molecule is FC(F)(F)c1nc(N2CCNCC2)c2ccccc2n1. The number of nitrogens with one attached hydrogen (secondary N) is 1. The van der Waals surface area contributed by atoms with Gasteiger partial charge < -0.3 is 10.2 Å². The van der Waals surface area contributed by atoms with Crippen LogP contribution in [0.1, 0.15) is 5.82 Å². The van der Waals surface area contributed by atoms with E-state index in [0.29, 0.717) is 29.8 Å². The van der Waals surface area contributed by atoms with Crippen LogP contribution in [0, 0.1) is 0 Å². The summed E-state index contributed by atoms with van der Waals surface area (Å²) in [6, 6.07) is 6.80. The zero-order valence-corrected chi connectivity index (χ0v) is 10.6. The maximum absolute atomic E-state index is 12.9. The van der Waals surface area contributed by atoms with Gasteiger partial charge in [-0.2, -0.15) is 13.2 Å². The predicted octanol–water partition coefficient (Wildman–Crippen LogP) is 2.06. The Morgan fingerprint density at radius 1 is 1.05 bits per heavy atom. The zero-order chi connectivity index (χ0) is 14.2. The van der Waals surface area contributed by atoms with E-state index in [1.807, 2.05) is 4.90 Å². The van der Waals surface area contributed by atoms with Crippen LogP contribution in [0.3, 0.4) is 0 Å². The van der Waals surface area contributed by atoms with Gasteiger partial charge in [0.1, 0.15) is 5.82 Å². The van der Waals surface area contributed by atoms with E-state index in [4.69, 9.17) is 0 Å². The smallest absolute Gasteiger partial charge is 0.353 e. The third-order valence-electron chi connectivity index (χ3n) is 3.25. The molecule has 0 unspecified atom stereocenters. The number of aromatic nitrogens is 2. The van der Waals surface area contributed by atoms with Gasteiger partial charge in [-0.05, 0) is 12.1 Å². The first-order valence-electron chi connectivity index (χ1n) is 6.35. The molecule has 20 heavy (non-hydrogen) atoms. The van der Waals surface area contributed by atoms with Crippen molar-refractivity contribution in [1.82, 2.24) is 15.3 Å². The van der Waals surface area contributed by atoms with Crippen molar-refractivity contribution in [3.05, 3.63) is 30.1 Å². The number of nitrogens with zero attached hydrogens (tertiary/aromatic N) is 3. The molecule has 7 heteroatoms. The Morgan fingerprint density at radius 3 is 2.45 bits per heavy atom. The number of rotatable bonds is 1. The molecule has 1 N–H and O–H groups in total. The molecule has 4 nitrogen and oxygen atoms in total. The number of piperazine rings is 1. The number of para-hydroxylation sites is 1. The first-order valence-corrected chi connectivity index (χ1v) is 6.35. The Bertz CT molecular complexity index is 621. The summed E-state index contributed by atoms with van der Waals surface area (Å²) in [6.07, 6.45) is -4.53. The lowest BCUT2D eigenvalue weighted by Crippen LogP contribution is -2.44. The highest BCUT2D eigenvalue weighted by Gasteiger charge is 2.36. The molecule has 0 radical (unpaired) electrons. The van der Waals surface area contributed by atoms with Crippen LogP contribution >= 0.6 is 0 Å². The number of halogens is 3. The van der Waals surface area contributed by atoms with Crippen LogP contribution in [-0.2, 0) is 6.18 Å². The maximum Gasteiger partial charge on any atom is 0.451 e. The van der Waals surface area contributed by atoms with Crippen molar-refractivity contribution in [3.8, 4) is 0 Å². The number of hydrogen-bond acceptors (Lipinski definition) is 4. The summed E-state index contributed by atoms with van der Waals surface area (Å²) in [6.45, 7) is 2.75. The van der Waals surface area contributed by atoms with Crippen molar-refractivity contribution in [2.75, 3.05) is 31.1 Å². The molecule has 1 aromatic carbocycles. The van der Waals surface area contributed by atoms with Crippen LogP contribution in [0.25, 0.3) is 10.9 Å². The Labute approximate surface area is 113 Å². The van der Waals surface area contributed by atoms with Gasteiger partial charge in [0, 0.05) is 31.6 Å². The highest BCUT2D eigenvalue weighted by atomic mass is 19.4. The van der Waals surface area contributed by atoms with Crippen LogP contribution in [0.2, 0.25) is 0 Å². The first-order chi connectivity index (χ1) is 9.55. The first kappa shape index (κ1) is 13.1. The van der Waals surface area contributed by atoms with E-state index in [1.54, 1.807) is 24.3 Å². The van der Waals surface area contributed by atoms with Crippen LogP contribution < -0.4 is 10.2 Å². The van der Waals surface area contributed by atoms with Crippen molar-refractivity contribution >= 4 is 16.7 Å². The molecule has 0 amide bonds. The van der Waals surface area contributed by atoms with Gasteiger partial charge in [0.25, 0.3) is 0 Å². The van der Waals surface area contributed by atoms with Gasteiger partial charge in [-0.15, -0.1) is 0 Å². The molecule has 0 bridgehead atoms. The van der Waals surface area contributed by atoms with Gasteiger partial charge >= 0.3 is 6.18 Å². The molecular formula is C13H13F3N4. The van der Waals surface area contributed by atoms with Gasteiger partial charge in [-0.1, -0.05) is 12.1 Å². The van der Waals surface area contributed by atoms with E-state index in [-0.39, 0.29) is 0 Å². The van der Waals surface area contributed by atoms with Crippen molar-refractivity contribution in [1.29, 1.82) is 0 Å². The third kappa shape index (κ3) is 2.40. The fourth-order valence-electron chi connectivity index (χ4n) is 2.30. The van der Waals surface area contributed by atoms with Crippen LogP contribution in [0.4, 0.5) is 19.0 Å². The van der Waals surface area contributed by atoms with Crippen LogP contribution in [0.15, 0.2) is 24.3 Å². The summed E-state index contributed by atoms with van der Waals surface area (Å²) in [4.78, 5) is 9.25. The molecule has 2 heterocycles. The Balaban J connectivity index is 2.16. The molecule has 1 fully saturated rings. The number of anilines is 1. The highest BCUT2D eigenvalue weighted by molar-refractivity contribution is 5.89. The molecule has 1 aromatic heterocycles. The largest absolute Gasteiger partial charge is 0.451 e. The van der Waals surface area contributed by atoms with Gasteiger partial charge in [-0.3, -0.25) is 0 Å². The lowest BCUT2D eigenvalue weighted by molar-refractivity contribution is -0.144. The molecular weight excluding hydrogens is 269 g/mol. The van der Waals surface area contributed by atoms with Crippen LogP contribution in [0.5, 0.6) is 0 Å². The topological polar surface area (TPSA) is 41.1 Å². The molecule has 1 aliphatic rings.